The van der Waals surface area contributed by atoms with Crippen molar-refractivity contribution in [2.45, 2.75) is 45.6 Å². The average molecular weight is 281 g/mol. The Morgan fingerprint density at radius 3 is 2.45 bits per heavy atom. The molecule has 0 saturated heterocycles. The van der Waals surface area contributed by atoms with Crippen LogP contribution in [0, 0.1) is 0 Å². The molecule has 1 atom stereocenters. The van der Waals surface area contributed by atoms with Crippen LogP contribution in [-0.2, 0) is 22.6 Å². The van der Waals surface area contributed by atoms with Crippen molar-refractivity contribution in [3.8, 4) is 0 Å². The van der Waals surface area contributed by atoms with Crippen molar-refractivity contribution in [1.82, 2.24) is 5.32 Å². The van der Waals surface area contributed by atoms with E-state index in [1.807, 2.05) is 32.9 Å². The van der Waals surface area contributed by atoms with Gasteiger partial charge in [-0.05, 0) is 31.9 Å². The van der Waals surface area contributed by atoms with Gasteiger partial charge >= 0.3 is 0 Å². The second-order valence-corrected chi connectivity index (χ2v) is 5.91. The van der Waals surface area contributed by atoms with Crippen LogP contribution in [-0.4, -0.2) is 37.1 Å². The van der Waals surface area contributed by atoms with E-state index in [-0.39, 0.29) is 5.60 Å². The van der Waals surface area contributed by atoms with Gasteiger partial charge in [0, 0.05) is 20.2 Å². The van der Waals surface area contributed by atoms with Gasteiger partial charge < -0.3 is 19.9 Å². The van der Waals surface area contributed by atoms with E-state index in [9.17, 15) is 5.11 Å². The van der Waals surface area contributed by atoms with Crippen molar-refractivity contribution >= 4 is 0 Å². The van der Waals surface area contributed by atoms with Crippen molar-refractivity contribution in [1.29, 1.82) is 0 Å². The maximum atomic E-state index is 9.85. The monoisotopic (exact) mass is 281 g/mol. The summed E-state index contributed by atoms with van der Waals surface area (Å²) in [6.07, 6.45) is -0.496. The van der Waals surface area contributed by atoms with Crippen LogP contribution in [0.3, 0.4) is 0 Å². The summed E-state index contributed by atoms with van der Waals surface area (Å²) in [5.74, 6) is 0. The number of methoxy groups -OCH3 is 1. The van der Waals surface area contributed by atoms with Crippen LogP contribution in [0.4, 0.5) is 0 Å². The summed E-state index contributed by atoms with van der Waals surface area (Å²) in [7, 11) is 1.69. The fraction of sp³-hybridized carbons (Fsp3) is 0.625. The molecule has 0 aliphatic heterocycles. The zero-order valence-corrected chi connectivity index (χ0v) is 13.0. The maximum Gasteiger partial charge on any atom is 0.0898 e. The van der Waals surface area contributed by atoms with E-state index in [1.165, 1.54) is 11.1 Å². The van der Waals surface area contributed by atoms with E-state index >= 15 is 0 Å². The van der Waals surface area contributed by atoms with Gasteiger partial charge in [0.2, 0.25) is 0 Å². The summed E-state index contributed by atoms with van der Waals surface area (Å²) in [6, 6.07) is 8.14. The molecule has 0 aliphatic rings. The number of hydrogen-bond acceptors (Lipinski definition) is 4. The molecule has 4 nitrogen and oxygen atoms in total. The fourth-order valence-corrected chi connectivity index (χ4v) is 1.80. The predicted molar refractivity (Wildman–Crippen MR) is 80.6 cm³/mol. The summed E-state index contributed by atoms with van der Waals surface area (Å²) < 4.78 is 10.7. The fourth-order valence-electron chi connectivity index (χ4n) is 1.80. The zero-order chi connectivity index (χ0) is 15.0. The topological polar surface area (TPSA) is 50.7 Å². The minimum Gasteiger partial charge on any atom is -0.389 e. The van der Waals surface area contributed by atoms with E-state index in [0.29, 0.717) is 26.3 Å². The second-order valence-electron chi connectivity index (χ2n) is 5.91. The average Bonchev–Trinajstić information content (AvgIpc) is 2.38. The molecule has 2 N–H and O–H groups in total. The molecule has 0 radical (unpaired) electrons. The third-order valence-electron chi connectivity index (χ3n) is 2.82. The molecule has 1 aromatic rings. The van der Waals surface area contributed by atoms with Gasteiger partial charge in [-0.15, -0.1) is 0 Å². The Labute approximate surface area is 122 Å². The minimum atomic E-state index is -0.496. The zero-order valence-electron chi connectivity index (χ0n) is 13.0. The van der Waals surface area contributed by atoms with E-state index in [0.717, 1.165) is 0 Å². The van der Waals surface area contributed by atoms with E-state index in [2.05, 4.69) is 17.4 Å². The quantitative estimate of drug-likeness (QED) is 0.766. The third kappa shape index (κ3) is 7.01. The molecule has 0 bridgehead atoms. The maximum absolute atomic E-state index is 9.85. The van der Waals surface area contributed by atoms with Crippen LogP contribution in [0.1, 0.15) is 31.9 Å². The molecule has 0 saturated carbocycles. The molecule has 1 aromatic carbocycles. The van der Waals surface area contributed by atoms with Gasteiger partial charge in [-0.3, -0.25) is 0 Å². The summed E-state index contributed by atoms with van der Waals surface area (Å²) in [5.41, 5.74) is 2.15. The van der Waals surface area contributed by atoms with Crippen molar-refractivity contribution in [3.63, 3.8) is 0 Å². The van der Waals surface area contributed by atoms with Crippen LogP contribution in [0.5, 0.6) is 0 Å². The standard InChI is InChI=1S/C16H27NO3/c1-16(2,3)20-12-15(18)10-17-9-13-7-5-6-8-14(13)11-19-4/h5-8,15,17-18H,9-12H2,1-4H3. The van der Waals surface area contributed by atoms with Crippen LogP contribution >= 0.6 is 0 Å². The first-order chi connectivity index (χ1) is 9.42. The van der Waals surface area contributed by atoms with Crippen LogP contribution in [0.2, 0.25) is 0 Å². The Kier molecular flexibility index (Phi) is 7.16. The van der Waals surface area contributed by atoms with Gasteiger partial charge in [0.05, 0.1) is 24.9 Å². The Bertz CT molecular complexity index is 388. The lowest BCUT2D eigenvalue weighted by molar-refractivity contribution is -0.0479. The van der Waals surface area contributed by atoms with E-state index < -0.39 is 6.10 Å². The van der Waals surface area contributed by atoms with Crippen molar-refractivity contribution < 1.29 is 14.6 Å². The SMILES string of the molecule is COCc1ccccc1CNCC(O)COC(C)(C)C. The van der Waals surface area contributed by atoms with Crippen molar-refractivity contribution in [3.05, 3.63) is 35.4 Å². The minimum absolute atomic E-state index is 0.216. The highest BCUT2D eigenvalue weighted by Gasteiger charge is 2.13. The number of benzene rings is 1. The van der Waals surface area contributed by atoms with Gasteiger partial charge in [-0.25, -0.2) is 0 Å². The Balaban J connectivity index is 2.33. The molecule has 0 aliphatic carbocycles. The molecule has 0 amide bonds. The lowest BCUT2D eigenvalue weighted by Gasteiger charge is -2.22. The molecule has 0 aromatic heterocycles. The highest BCUT2D eigenvalue weighted by atomic mass is 16.5. The van der Waals surface area contributed by atoms with Gasteiger partial charge in [0.25, 0.3) is 0 Å². The number of nitrogens with one attached hydrogen (secondary N) is 1. The lowest BCUT2D eigenvalue weighted by atomic mass is 10.1. The Morgan fingerprint density at radius 2 is 1.85 bits per heavy atom. The molecule has 0 spiro atoms. The molecular formula is C16H27NO3. The summed E-state index contributed by atoms with van der Waals surface area (Å²) in [5, 5.41) is 13.1. The first kappa shape index (κ1) is 17.1. The van der Waals surface area contributed by atoms with E-state index in [1.54, 1.807) is 7.11 Å². The molecule has 0 fully saturated rings. The van der Waals surface area contributed by atoms with Crippen molar-refractivity contribution in [2.24, 2.45) is 0 Å². The highest BCUT2D eigenvalue weighted by molar-refractivity contribution is 5.26. The largest absolute Gasteiger partial charge is 0.389 e. The van der Waals surface area contributed by atoms with Crippen molar-refractivity contribution in [2.75, 3.05) is 20.3 Å². The van der Waals surface area contributed by atoms with Crippen LogP contribution < -0.4 is 5.32 Å². The Morgan fingerprint density at radius 1 is 1.20 bits per heavy atom. The van der Waals surface area contributed by atoms with Crippen LogP contribution in [0.15, 0.2) is 24.3 Å². The molecular weight excluding hydrogens is 254 g/mol. The van der Waals surface area contributed by atoms with Crippen LogP contribution in [0.25, 0.3) is 0 Å². The first-order valence-electron chi connectivity index (χ1n) is 7.01. The third-order valence-corrected chi connectivity index (χ3v) is 2.82. The highest BCUT2D eigenvalue weighted by Crippen LogP contribution is 2.10. The van der Waals surface area contributed by atoms with Gasteiger partial charge in [-0.2, -0.15) is 0 Å². The number of aliphatic hydroxyl groups is 1. The van der Waals surface area contributed by atoms with Gasteiger partial charge in [-0.1, -0.05) is 24.3 Å². The number of hydrogen-bond donors (Lipinski definition) is 2. The van der Waals surface area contributed by atoms with E-state index in [4.69, 9.17) is 9.47 Å². The molecule has 114 valence electrons. The first-order valence-corrected chi connectivity index (χ1v) is 7.01. The van der Waals surface area contributed by atoms with Gasteiger partial charge in [0.15, 0.2) is 0 Å². The van der Waals surface area contributed by atoms with Gasteiger partial charge in [0.1, 0.15) is 0 Å². The molecule has 1 unspecified atom stereocenters. The Hall–Kier alpha value is -0.940. The summed E-state index contributed by atoms with van der Waals surface area (Å²) >= 11 is 0. The number of rotatable bonds is 8. The summed E-state index contributed by atoms with van der Waals surface area (Å²) in [6.45, 7) is 8.11. The molecule has 0 heterocycles. The normalized spacial score (nSPS) is 13.4. The molecule has 1 rings (SSSR count). The second kappa shape index (κ2) is 8.37. The smallest absolute Gasteiger partial charge is 0.0898 e. The molecule has 4 heteroatoms. The lowest BCUT2D eigenvalue weighted by Crippen LogP contribution is -2.33. The number of ether oxygens (including phenoxy) is 2. The summed E-state index contributed by atoms with van der Waals surface area (Å²) in [4.78, 5) is 0. The number of aliphatic hydroxyl groups excluding tert-OH is 1. The predicted octanol–water partition coefficient (Wildman–Crippen LogP) is 2.10. The molecule has 20 heavy (non-hydrogen) atoms.